The maximum Gasteiger partial charge on any atom is 0.273 e. The summed E-state index contributed by atoms with van der Waals surface area (Å²) in [5.74, 6) is 0.353. The number of carbonyl (C=O) groups is 1. The normalized spacial score (nSPS) is 11.0. The van der Waals surface area contributed by atoms with Crippen LogP contribution in [0.4, 0.5) is 0 Å². The lowest BCUT2D eigenvalue weighted by atomic mass is 10.2. The fourth-order valence-electron chi connectivity index (χ4n) is 2.36. The summed E-state index contributed by atoms with van der Waals surface area (Å²) >= 11 is 12.1. The summed E-state index contributed by atoms with van der Waals surface area (Å²) in [6.45, 7) is 3.95. The number of rotatable bonds is 5. The smallest absolute Gasteiger partial charge is 0.273 e. The molecule has 0 aliphatic heterocycles. The highest BCUT2D eigenvalue weighted by Crippen LogP contribution is 2.26. The number of aromatic nitrogens is 3. The first kappa shape index (κ1) is 18.4. The van der Waals surface area contributed by atoms with Crippen LogP contribution in [0, 0.1) is 0 Å². The first-order chi connectivity index (χ1) is 12.5. The van der Waals surface area contributed by atoms with E-state index < -0.39 is 0 Å². The second kappa shape index (κ2) is 7.85. The van der Waals surface area contributed by atoms with E-state index in [1.54, 1.807) is 23.1 Å². The van der Waals surface area contributed by atoms with Crippen LogP contribution in [0.15, 0.2) is 47.0 Å². The second-order valence-corrected chi connectivity index (χ2v) is 6.71. The molecule has 1 amide bonds. The standard InChI is InChI=1S/C18H16Cl2N4O2/c1-11(2)24(18(25)15-9-12(19)7-8-21-15)10-16-22-23-17(26-16)13-5-3-4-6-14(13)20/h3-9,11H,10H2,1-2H3. The highest BCUT2D eigenvalue weighted by molar-refractivity contribution is 6.33. The molecule has 0 N–H and O–H groups in total. The van der Waals surface area contributed by atoms with Crippen molar-refractivity contribution < 1.29 is 9.21 Å². The van der Waals surface area contributed by atoms with Crippen LogP contribution in [0.3, 0.4) is 0 Å². The Kier molecular flexibility index (Phi) is 5.54. The third kappa shape index (κ3) is 4.03. The number of halogens is 2. The Morgan fingerprint density at radius 3 is 2.65 bits per heavy atom. The van der Waals surface area contributed by atoms with Gasteiger partial charge in [0.25, 0.3) is 5.91 Å². The van der Waals surface area contributed by atoms with E-state index in [2.05, 4.69) is 15.2 Å². The molecule has 0 aliphatic carbocycles. The number of nitrogens with zero attached hydrogens (tertiary/aromatic N) is 4. The first-order valence-corrected chi connectivity index (χ1v) is 8.71. The van der Waals surface area contributed by atoms with Crippen LogP contribution < -0.4 is 0 Å². The number of hydrogen-bond donors (Lipinski definition) is 0. The molecule has 6 nitrogen and oxygen atoms in total. The SMILES string of the molecule is CC(C)N(Cc1nnc(-c2ccccc2Cl)o1)C(=O)c1cc(Cl)ccn1. The largest absolute Gasteiger partial charge is 0.419 e. The predicted molar refractivity (Wildman–Crippen MR) is 99.0 cm³/mol. The van der Waals surface area contributed by atoms with Crippen molar-refractivity contribution in [2.75, 3.05) is 0 Å². The molecule has 0 fully saturated rings. The maximum absolute atomic E-state index is 12.8. The molecule has 8 heteroatoms. The van der Waals surface area contributed by atoms with Crippen LogP contribution in [0.1, 0.15) is 30.2 Å². The highest BCUT2D eigenvalue weighted by Gasteiger charge is 2.23. The molecule has 0 saturated carbocycles. The number of amides is 1. The van der Waals surface area contributed by atoms with E-state index in [1.165, 1.54) is 12.3 Å². The molecule has 0 spiro atoms. The van der Waals surface area contributed by atoms with Gasteiger partial charge >= 0.3 is 0 Å². The van der Waals surface area contributed by atoms with Gasteiger partial charge in [-0.2, -0.15) is 0 Å². The van der Waals surface area contributed by atoms with Crippen molar-refractivity contribution in [2.45, 2.75) is 26.4 Å². The summed E-state index contributed by atoms with van der Waals surface area (Å²) in [6, 6.07) is 10.2. The molecule has 3 aromatic rings. The van der Waals surface area contributed by atoms with Gasteiger partial charge in [0.15, 0.2) is 0 Å². The van der Waals surface area contributed by atoms with Gasteiger partial charge in [-0.25, -0.2) is 0 Å². The zero-order valence-electron chi connectivity index (χ0n) is 14.2. The zero-order valence-corrected chi connectivity index (χ0v) is 15.7. The van der Waals surface area contributed by atoms with E-state index in [9.17, 15) is 4.79 Å². The monoisotopic (exact) mass is 390 g/mol. The summed E-state index contributed by atoms with van der Waals surface area (Å²) in [5.41, 5.74) is 0.906. The molecule has 0 aliphatic rings. The molecule has 2 heterocycles. The molecule has 1 aromatic carbocycles. The fraction of sp³-hybridized carbons (Fsp3) is 0.222. The zero-order chi connectivity index (χ0) is 18.7. The van der Waals surface area contributed by atoms with Crippen LogP contribution in [-0.2, 0) is 6.54 Å². The van der Waals surface area contributed by atoms with Crippen molar-refractivity contribution in [1.82, 2.24) is 20.1 Å². The van der Waals surface area contributed by atoms with Gasteiger partial charge in [0.1, 0.15) is 5.69 Å². The lowest BCUT2D eigenvalue weighted by molar-refractivity contribution is 0.0666. The lowest BCUT2D eigenvalue weighted by Crippen LogP contribution is -2.37. The molecule has 0 radical (unpaired) electrons. The Bertz CT molecular complexity index is 927. The topological polar surface area (TPSA) is 72.1 Å². The maximum atomic E-state index is 12.8. The van der Waals surface area contributed by atoms with Crippen molar-refractivity contribution in [3.8, 4) is 11.5 Å². The molecule has 2 aromatic heterocycles. The van der Waals surface area contributed by atoms with E-state index in [1.807, 2.05) is 26.0 Å². The summed E-state index contributed by atoms with van der Waals surface area (Å²) in [7, 11) is 0. The first-order valence-electron chi connectivity index (χ1n) is 7.95. The molecule has 0 atom stereocenters. The fourth-order valence-corrected chi connectivity index (χ4v) is 2.74. The predicted octanol–water partition coefficient (Wildman–Crippen LogP) is 4.49. The van der Waals surface area contributed by atoms with Gasteiger partial charge in [0.05, 0.1) is 17.1 Å². The Morgan fingerprint density at radius 2 is 1.96 bits per heavy atom. The van der Waals surface area contributed by atoms with Gasteiger partial charge in [0.2, 0.25) is 11.8 Å². The molecular weight excluding hydrogens is 375 g/mol. The average molecular weight is 391 g/mol. The number of carbonyl (C=O) groups excluding carboxylic acids is 1. The Hall–Kier alpha value is -2.44. The summed E-state index contributed by atoms with van der Waals surface area (Å²) in [4.78, 5) is 18.4. The van der Waals surface area contributed by atoms with Crippen molar-refractivity contribution in [3.63, 3.8) is 0 Å². The van der Waals surface area contributed by atoms with E-state index in [0.717, 1.165) is 0 Å². The quantitative estimate of drug-likeness (QED) is 0.641. The van der Waals surface area contributed by atoms with E-state index in [4.69, 9.17) is 27.6 Å². The van der Waals surface area contributed by atoms with Crippen LogP contribution in [0.2, 0.25) is 10.0 Å². The molecule has 0 bridgehead atoms. The van der Waals surface area contributed by atoms with Crippen LogP contribution in [-0.4, -0.2) is 32.0 Å². The van der Waals surface area contributed by atoms with Gasteiger partial charge < -0.3 is 9.32 Å². The van der Waals surface area contributed by atoms with Gasteiger partial charge in [-0.15, -0.1) is 10.2 Å². The number of pyridine rings is 1. The van der Waals surface area contributed by atoms with Crippen molar-refractivity contribution in [2.24, 2.45) is 0 Å². The Morgan fingerprint density at radius 1 is 1.19 bits per heavy atom. The third-order valence-corrected chi connectivity index (χ3v) is 4.27. The number of benzene rings is 1. The lowest BCUT2D eigenvalue weighted by Gasteiger charge is -2.24. The van der Waals surface area contributed by atoms with Crippen molar-refractivity contribution in [3.05, 3.63) is 64.2 Å². The molecule has 0 unspecified atom stereocenters. The minimum absolute atomic E-state index is 0.0982. The number of hydrogen-bond acceptors (Lipinski definition) is 5. The molecular formula is C18H16Cl2N4O2. The Balaban J connectivity index is 1.83. The minimum atomic E-state index is -0.264. The third-order valence-electron chi connectivity index (χ3n) is 3.70. The van der Waals surface area contributed by atoms with Crippen molar-refractivity contribution in [1.29, 1.82) is 0 Å². The Labute approximate surface area is 160 Å². The van der Waals surface area contributed by atoms with E-state index in [-0.39, 0.29) is 24.2 Å². The molecule has 0 saturated heterocycles. The van der Waals surface area contributed by atoms with Gasteiger partial charge in [0, 0.05) is 17.3 Å². The molecule has 26 heavy (non-hydrogen) atoms. The van der Waals surface area contributed by atoms with E-state index in [0.29, 0.717) is 27.4 Å². The summed E-state index contributed by atoms with van der Waals surface area (Å²) in [5, 5.41) is 9.03. The molecule has 3 rings (SSSR count). The van der Waals surface area contributed by atoms with Gasteiger partial charge in [-0.1, -0.05) is 35.3 Å². The minimum Gasteiger partial charge on any atom is -0.419 e. The van der Waals surface area contributed by atoms with Crippen molar-refractivity contribution >= 4 is 29.1 Å². The van der Waals surface area contributed by atoms with Gasteiger partial charge in [-0.3, -0.25) is 9.78 Å². The molecule has 134 valence electrons. The van der Waals surface area contributed by atoms with E-state index >= 15 is 0 Å². The second-order valence-electron chi connectivity index (χ2n) is 5.87. The average Bonchev–Trinajstić information content (AvgIpc) is 3.07. The van der Waals surface area contributed by atoms with Crippen LogP contribution in [0.5, 0.6) is 0 Å². The van der Waals surface area contributed by atoms with Gasteiger partial charge in [-0.05, 0) is 38.1 Å². The van der Waals surface area contributed by atoms with Crippen LogP contribution >= 0.6 is 23.2 Å². The summed E-state index contributed by atoms with van der Waals surface area (Å²) in [6.07, 6.45) is 1.50. The summed E-state index contributed by atoms with van der Waals surface area (Å²) < 4.78 is 5.69. The van der Waals surface area contributed by atoms with Crippen LogP contribution in [0.25, 0.3) is 11.5 Å². The highest BCUT2D eigenvalue weighted by atomic mass is 35.5.